The molecule has 2 aromatic carbocycles. The maximum Gasteiger partial charge on any atom is 0.340 e. The standard InChI is InChI=1S/C16H11F2N3O/c17-11-6-7-12-14(20-21(16(19)22)15(12)9-11)8-5-10-3-1-2-4-13(10)18/h1-9H,(H2,19,22)/b8-5+. The maximum absolute atomic E-state index is 13.6. The summed E-state index contributed by atoms with van der Waals surface area (Å²) in [5.41, 5.74) is 6.28. The van der Waals surface area contributed by atoms with Crippen molar-refractivity contribution < 1.29 is 13.6 Å². The summed E-state index contributed by atoms with van der Waals surface area (Å²) in [5.74, 6) is -0.872. The van der Waals surface area contributed by atoms with Crippen LogP contribution in [-0.2, 0) is 0 Å². The number of halogens is 2. The predicted octanol–water partition coefficient (Wildman–Crippen LogP) is 3.41. The molecule has 0 saturated heterocycles. The van der Waals surface area contributed by atoms with Gasteiger partial charge in [-0.2, -0.15) is 9.78 Å². The van der Waals surface area contributed by atoms with Gasteiger partial charge in [-0.15, -0.1) is 0 Å². The number of nitrogens with zero attached hydrogens (tertiary/aromatic N) is 2. The highest BCUT2D eigenvalue weighted by Gasteiger charge is 2.12. The number of fused-ring (bicyclic) bond motifs is 1. The van der Waals surface area contributed by atoms with Gasteiger partial charge < -0.3 is 5.73 Å². The molecule has 4 nitrogen and oxygen atoms in total. The van der Waals surface area contributed by atoms with Crippen molar-refractivity contribution >= 4 is 29.1 Å². The number of aromatic nitrogens is 2. The number of rotatable bonds is 2. The van der Waals surface area contributed by atoms with Crippen LogP contribution in [0.4, 0.5) is 13.6 Å². The fraction of sp³-hybridized carbons (Fsp3) is 0. The van der Waals surface area contributed by atoms with Crippen molar-refractivity contribution in [1.29, 1.82) is 0 Å². The molecule has 1 aromatic heterocycles. The number of carbonyl (C=O) groups excluding carboxylic acids is 1. The first kappa shape index (κ1) is 13.9. The maximum atomic E-state index is 13.6. The molecule has 0 aliphatic heterocycles. The minimum Gasteiger partial charge on any atom is -0.350 e. The second-order valence-corrected chi connectivity index (χ2v) is 4.65. The monoisotopic (exact) mass is 299 g/mol. The van der Waals surface area contributed by atoms with Crippen molar-refractivity contribution in [2.75, 3.05) is 0 Å². The first-order valence-corrected chi connectivity index (χ1v) is 6.47. The van der Waals surface area contributed by atoms with E-state index in [-0.39, 0.29) is 11.3 Å². The van der Waals surface area contributed by atoms with E-state index in [1.54, 1.807) is 24.3 Å². The molecule has 110 valence electrons. The zero-order valence-electron chi connectivity index (χ0n) is 11.3. The van der Waals surface area contributed by atoms with Gasteiger partial charge in [-0.05, 0) is 30.4 Å². The molecule has 6 heteroatoms. The van der Waals surface area contributed by atoms with E-state index < -0.39 is 11.8 Å². The van der Waals surface area contributed by atoms with Gasteiger partial charge in [0.15, 0.2) is 0 Å². The average Bonchev–Trinajstić information content (AvgIpc) is 2.84. The molecule has 0 aliphatic carbocycles. The Morgan fingerprint density at radius 2 is 1.91 bits per heavy atom. The third-order valence-corrected chi connectivity index (χ3v) is 3.21. The Labute approximate surface area is 124 Å². The summed E-state index contributed by atoms with van der Waals surface area (Å²) >= 11 is 0. The Balaban J connectivity index is 2.12. The molecule has 0 aliphatic rings. The van der Waals surface area contributed by atoms with Crippen LogP contribution in [-0.4, -0.2) is 15.8 Å². The summed E-state index contributed by atoms with van der Waals surface area (Å²) in [7, 11) is 0. The molecular weight excluding hydrogens is 288 g/mol. The van der Waals surface area contributed by atoms with Gasteiger partial charge in [0.2, 0.25) is 0 Å². The number of nitrogens with two attached hydrogens (primary N) is 1. The van der Waals surface area contributed by atoms with Crippen molar-refractivity contribution in [3.63, 3.8) is 0 Å². The van der Waals surface area contributed by atoms with Crippen LogP contribution in [0.5, 0.6) is 0 Å². The minimum absolute atomic E-state index is 0.265. The molecule has 0 radical (unpaired) electrons. The first-order valence-electron chi connectivity index (χ1n) is 6.47. The van der Waals surface area contributed by atoms with Crippen LogP contribution < -0.4 is 5.73 Å². The molecule has 3 rings (SSSR count). The zero-order valence-corrected chi connectivity index (χ0v) is 11.3. The van der Waals surface area contributed by atoms with Crippen LogP contribution in [0.15, 0.2) is 42.5 Å². The first-order chi connectivity index (χ1) is 10.6. The molecule has 22 heavy (non-hydrogen) atoms. The van der Waals surface area contributed by atoms with Gasteiger partial charge in [0.25, 0.3) is 0 Å². The van der Waals surface area contributed by atoms with E-state index >= 15 is 0 Å². The molecule has 1 amide bonds. The fourth-order valence-electron chi connectivity index (χ4n) is 2.18. The molecule has 2 N–H and O–H groups in total. The van der Waals surface area contributed by atoms with E-state index in [1.165, 1.54) is 30.3 Å². The number of carbonyl (C=O) groups is 1. The Kier molecular flexibility index (Phi) is 3.42. The molecule has 0 spiro atoms. The molecule has 0 saturated carbocycles. The van der Waals surface area contributed by atoms with Gasteiger partial charge in [-0.3, -0.25) is 0 Å². The smallest absolute Gasteiger partial charge is 0.340 e. The van der Waals surface area contributed by atoms with E-state index in [0.717, 1.165) is 4.68 Å². The number of benzene rings is 2. The van der Waals surface area contributed by atoms with Gasteiger partial charge in [0.1, 0.15) is 11.6 Å². The third-order valence-electron chi connectivity index (χ3n) is 3.21. The predicted molar refractivity (Wildman–Crippen MR) is 80.0 cm³/mol. The molecular formula is C16H11F2N3O. The summed E-state index contributed by atoms with van der Waals surface area (Å²) in [4.78, 5) is 11.4. The summed E-state index contributed by atoms with van der Waals surface area (Å²) in [6, 6.07) is 9.36. The summed E-state index contributed by atoms with van der Waals surface area (Å²) in [6.45, 7) is 0. The SMILES string of the molecule is NC(=O)n1nc(/C=C/c2ccccc2F)c2ccc(F)cc21. The van der Waals surface area contributed by atoms with Crippen LogP contribution in [0.3, 0.4) is 0 Å². The third kappa shape index (κ3) is 2.46. The molecule has 0 fully saturated rings. The lowest BCUT2D eigenvalue weighted by molar-refractivity contribution is 0.248. The Morgan fingerprint density at radius 1 is 1.14 bits per heavy atom. The van der Waals surface area contributed by atoms with Crippen LogP contribution in [0.2, 0.25) is 0 Å². The van der Waals surface area contributed by atoms with Crippen molar-refractivity contribution in [2.24, 2.45) is 5.73 Å². The second kappa shape index (κ2) is 5.40. The van der Waals surface area contributed by atoms with Gasteiger partial charge in [0, 0.05) is 17.0 Å². The van der Waals surface area contributed by atoms with Crippen molar-refractivity contribution in [3.8, 4) is 0 Å². The molecule has 0 unspecified atom stereocenters. The lowest BCUT2D eigenvalue weighted by Crippen LogP contribution is -2.20. The average molecular weight is 299 g/mol. The number of hydrogen-bond acceptors (Lipinski definition) is 2. The van der Waals surface area contributed by atoms with Crippen molar-refractivity contribution in [2.45, 2.75) is 0 Å². The summed E-state index contributed by atoms with van der Waals surface area (Å²) in [6.07, 6.45) is 3.09. The van der Waals surface area contributed by atoms with E-state index in [1.807, 2.05) is 0 Å². The van der Waals surface area contributed by atoms with Crippen molar-refractivity contribution in [3.05, 3.63) is 65.4 Å². The van der Waals surface area contributed by atoms with E-state index in [0.29, 0.717) is 16.6 Å². The van der Waals surface area contributed by atoms with Gasteiger partial charge in [0.05, 0.1) is 11.2 Å². The molecule has 3 aromatic rings. The van der Waals surface area contributed by atoms with E-state index in [4.69, 9.17) is 5.73 Å². The lowest BCUT2D eigenvalue weighted by Gasteiger charge is -1.95. The van der Waals surface area contributed by atoms with Crippen LogP contribution >= 0.6 is 0 Å². The number of primary amides is 1. The second-order valence-electron chi connectivity index (χ2n) is 4.65. The molecule has 0 atom stereocenters. The van der Waals surface area contributed by atoms with Gasteiger partial charge in [-0.25, -0.2) is 13.6 Å². The van der Waals surface area contributed by atoms with Crippen LogP contribution in [0.1, 0.15) is 11.3 Å². The quantitative estimate of drug-likeness (QED) is 0.788. The highest BCUT2D eigenvalue weighted by atomic mass is 19.1. The topological polar surface area (TPSA) is 60.9 Å². The lowest BCUT2D eigenvalue weighted by atomic mass is 10.1. The number of amides is 1. The van der Waals surface area contributed by atoms with Crippen LogP contribution in [0.25, 0.3) is 23.1 Å². The number of hydrogen-bond donors (Lipinski definition) is 1. The van der Waals surface area contributed by atoms with Gasteiger partial charge in [-0.1, -0.05) is 18.2 Å². The van der Waals surface area contributed by atoms with E-state index in [9.17, 15) is 13.6 Å². The summed E-state index contributed by atoms with van der Waals surface area (Å²) in [5, 5.41) is 4.59. The summed E-state index contributed by atoms with van der Waals surface area (Å²) < 4.78 is 27.8. The van der Waals surface area contributed by atoms with Crippen LogP contribution in [0, 0.1) is 11.6 Å². The van der Waals surface area contributed by atoms with Crippen molar-refractivity contribution in [1.82, 2.24) is 9.78 Å². The van der Waals surface area contributed by atoms with Gasteiger partial charge >= 0.3 is 6.03 Å². The molecule has 0 bridgehead atoms. The zero-order chi connectivity index (χ0) is 15.7. The molecule has 1 heterocycles. The normalized spacial score (nSPS) is 11.4. The highest BCUT2D eigenvalue weighted by molar-refractivity contribution is 5.95. The van der Waals surface area contributed by atoms with E-state index in [2.05, 4.69) is 5.10 Å². The Hall–Kier alpha value is -3.02. The highest BCUT2D eigenvalue weighted by Crippen LogP contribution is 2.22. The largest absolute Gasteiger partial charge is 0.350 e. The minimum atomic E-state index is -0.818. The Morgan fingerprint density at radius 3 is 2.64 bits per heavy atom. The Bertz CT molecular complexity index is 900. The fourth-order valence-corrected chi connectivity index (χ4v) is 2.18.